The number of carbonyl (C=O) groups is 3. The molecule has 8 heteroatoms. The highest BCUT2D eigenvalue weighted by Crippen LogP contribution is 2.50. The lowest BCUT2D eigenvalue weighted by atomic mass is 9.78. The standard InChI is InChI=1S/C20H25ClN2O4S/c1-4-23-17(24)14-15(18(23)25)20(10-11-28-3,19(26)27-5-2)22-16(14)12-6-8-13(21)9-7-12/h6-9,14-16,22H,4-5,10-11H2,1-3H3/t14-,15+,16+,20-/m1/s1. The molecule has 0 unspecified atom stereocenters. The van der Waals surface area contributed by atoms with Crippen molar-refractivity contribution in [1.29, 1.82) is 0 Å². The van der Waals surface area contributed by atoms with E-state index in [4.69, 9.17) is 16.3 Å². The summed E-state index contributed by atoms with van der Waals surface area (Å²) in [5.74, 6) is -1.74. The highest BCUT2D eigenvalue weighted by molar-refractivity contribution is 7.98. The van der Waals surface area contributed by atoms with Gasteiger partial charge in [0.1, 0.15) is 5.54 Å². The van der Waals surface area contributed by atoms with E-state index in [0.29, 0.717) is 23.7 Å². The maximum Gasteiger partial charge on any atom is 0.327 e. The summed E-state index contributed by atoms with van der Waals surface area (Å²) in [4.78, 5) is 40.6. The summed E-state index contributed by atoms with van der Waals surface area (Å²) >= 11 is 7.61. The van der Waals surface area contributed by atoms with Crippen LogP contribution in [0.5, 0.6) is 0 Å². The fourth-order valence-electron chi connectivity index (χ4n) is 4.37. The first kappa shape index (κ1) is 21.1. The Hall–Kier alpha value is -1.57. The molecule has 0 aromatic heterocycles. The molecule has 3 rings (SSSR count). The van der Waals surface area contributed by atoms with Crippen LogP contribution in [0.4, 0.5) is 0 Å². The Morgan fingerprint density at radius 2 is 1.93 bits per heavy atom. The van der Waals surface area contributed by atoms with Crippen molar-refractivity contribution in [3.8, 4) is 0 Å². The molecule has 4 atom stereocenters. The summed E-state index contributed by atoms with van der Waals surface area (Å²) < 4.78 is 5.38. The largest absolute Gasteiger partial charge is 0.465 e. The number of esters is 1. The molecular formula is C20H25ClN2O4S. The van der Waals surface area contributed by atoms with Crippen LogP contribution in [0.15, 0.2) is 24.3 Å². The molecule has 152 valence electrons. The zero-order valence-corrected chi connectivity index (χ0v) is 17.8. The minimum Gasteiger partial charge on any atom is -0.465 e. The van der Waals surface area contributed by atoms with E-state index in [-0.39, 0.29) is 18.4 Å². The number of ether oxygens (including phenoxy) is 1. The summed E-state index contributed by atoms with van der Waals surface area (Å²) in [5, 5.41) is 3.95. The number of benzene rings is 1. The molecule has 2 fully saturated rings. The number of fused-ring (bicyclic) bond motifs is 1. The minimum absolute atomic E-state index is 0.212. The molecule has 0 bridgehead atoms. The van der Waals surface area contributed by atoms with Gasteiger partial charge in [0.2, 0.25) is 11.8 Å². The first-order chi connectivity index (χ1) is 13.4. The minimum atomic E-state index is -1.22. The highest BCUT2D eigenvalue weighted by atomic mass is 35.5. The van der Waals surface area contributed by atoms with E-state index in [9.17, 15) is 14.4 Å². The molecule has 2 aliphatic heterocycles. The molecular weight excluding hydrogens is 400 g/mol. The monoisotopic (exact) mass is 424 g/mol. The number of rotatable bonds is 7. The normalized spacial score (nSPS) is 29.3. The molecule has 2 heterocycles. The van der Waals surface area contributed by atoms with Gasteiger partial charge < -0.3 is 4.74 Å². The SMILES string of the molecule is CCOC(=O)[C@]1(CCSC)N[C@@H](c2ccc(Cl)cc2)[C@@H]2C(=O)N(CC)C(=O)[C@H]21. The van der Waals surface area contributed by atoms with Crippen molar-refractivity contribution >= 4 is 41.1 Å². The lowest BCUT2D eigenvalue weighted by Crippen LogP contribution is -2.56. The van der Waals surface area contributed by atoms with Gasteiger partial charge in [0.05, 0.1) is 18.4 Å². The molecule has 1 N–H and O–H groups in total. The van der Waals surface area contributed by atoms with Gasteiger partial charge in [-0.25, -0.2) is 0 Å². The molecule has 1 aromatic rings. The van der Waals surface area contributed by atoms with Crippen LogP contribution in [-0.4, -0.2) is 53.4 Å². The van der Waals surface area contributed by atoms with E-state index in [1.807, 2.05) is 18.4 Å². The van der Waals surface area contributed by atoms with Crippen LogP contribution in [0.25, 0.3) is 0 Å². The highest BCUT2D eigenvalue weighted by Gasteiger charge is 2.68. The van der Waals surface area contributed by atoms with Crippen molar-refractivity contribution < 1.29 is 19.1 Å². The van der Waals surface area contributed by atoms with Crippen molar-refractivity contribution in [2.75, 3.05) is 25.2 Å². The second-order valence-corrected chi connectivity index (χ2v) is 8.45. The van der Waals surface area contributed by atoms with Gasteiger partial charge in [-0.15, -0.1) is 0 Å². The van der Waals surface area contributed by atoms with Gasteiger partial charge in [-0.3, -0.25) is 24.6 Å². The topological polar surface area (TPSA) is 75.7 Å². The zero-order valence-electron chi connectivity index (χ0n) is 16.2. The fraction of sp³-hybridized carbons (Fsp3) is 0.550. The molecule has 0 radical (unpaired) electrons. The second-order valence-electron chi connectivity index (χ2n) is 7.03. The fourth-order valence-corrected chi connectivity index (χ4v) is 5.03. The number of hydrogen-bond acceptors (Lipinski definition) is 6. The molecule has 2 saturated heterocycles. The van der Waals surface area contributed by atoms with E-state index < -0.39 is 29.4 Å². The number of thioether (sulfide) groups is 1. The summed E-state index contributed by atoms with van der Waals surface area (Å²) in [6.07, 6.45) is 2.36. The van der Waals surface area contributed by atoms with Crippen molar-refractivity contribution in [1.82, 2.24) is 10.2 Å². The Kier molecular flexibility index (Phi) is 6.37. The first-order valence-electron chi connectivity index (χ1n) is 9.45. The maximum atomic E-state index is 13.2. The van der Waals surface area contributed by atoms with Gasteiger partial charge >= 0.3 is 5.97 Å². The number of imide groups is 1. The number of carbonyl (C=O) groups excluding carboxylic acids is 3. The van der Waals surface area contributed by atoms with Crippen LogP contribution in [0, 0.1) is 11.8 Å². The Labute approximate surface area is 174 Å². The third kappa shape index (κ3) is 3.33. The van der Waals surface area contributed by atoms with Gasteiger partial charge in [-0.1, -0.05) is 23.7 Å². The van der Waals surface area contributed by atoms with Gasteiger partial charge in [0.25, 0.3) is 0 Å². The van der Waals surface area contributed by atoms with E-state index >= 15 is 0 Å². The van der Waals surface area contributed by atoms with Gasteiger partial charge in [0, 0.05) is 17.6 Å². The molecule has 2 amide bonds. The Morgan fingerprint density at radius 1 is 1.25 bits per heavy atom. The van der Waals surface area contributed by atoms with Crippen LogP contribution in [0.1, 0.15) is 31.9 Å². The molecule has 28 heavy (non-hydrogen) atoms. The van der Waals surface area contributed by atoms with Gasteiger partial charge in [-0.2, -0.15) is 11.8 Å². The van der Waals surface area contributed by atoms with Crippen LogP contribution in [-0.2, 0) is 19.1 Å². The molecule has 0 saturated carbocycles. The summed E-state index contributed by atoms with van der Waals surface area (Å²) in [5.41, 5.74) is -0.390. The predicted octanol–water partition coefficient (Wildman–Crippen LogP) is 2.66. The second kappa shape index (κ2) is 8.43. The average molecular weight is 425 g/mol. The lowest BCUT2D eigenvalue weighted by Gasteiger charge is -2.32. The van der Waals surface area contributed by atoms with Crippen LogP contribution in [0.3, 0.4) is 0 Å². The lowest BCUT2D eigenvalue weighted by molar-refractivity contribution is -0.156. The van der Waals surface area contributed by atoms with Crippen molar-refractivity contribution in [3.05, 3.63) is 34.9 Å². The Balaban J connectivity index is 2.11. The smallest absolute Gasteiger partial charge is 0.327 e. The van der Waals surface area contributed by atoms with Crippen molar-refractivity contribution in [2.24, 2.45) is 11.8 Å². The van der Waals surface area contributed by atoms with E-state index in [2.05, 4.69) is 5.32 Å². The molecule has 2 aliphatic rings. The van der Waals surface area contributed by atoms with Crippen molar-refractivity contribution in [3.63, 3.8) is 0 Å². The van der Waals surface area contributed by atoms with E-state index in [0.717, 1.165) is 5.56 Å². The molecule has 1 aromatic carbocycles. The number of amides is 2. The third-order valence-corrected chi connectivity index (χ3v) is 6.50. The number of nitrogens with one attached hydrogen (secondary N) is 1. The molecule has 6 nitrogen and oxygen atoms in total. The summed E-state index contributed by atoms with van der Waals surface area (Å²) in [7, 11) is 0. The third-order valence-electron chi connectivity index (χ3n) is 5.63. The number of likely N-dealkylation sites (tertiary alicyclic amines) is 1. The van der Waals surface area contributed by atoms with Crippen LogP contribution >= 0.6 is 23.4 Å². The van der Waals surface area contributed by atoms with Gasteiger partial charge in [-0.05, 0) is 50.0 Å². The number of hydrogen-bond donors (Lipinski definition) is 1. The maximum absolute atomic E-state index is 13.2. The Morgan fingerprint density at radius 3 is 2.50 bits per heavy atom. The van der Waals surface area contributed by atoms with Crippen LogP contribution in [0.2, 0.25) is 5.02 Å². The Bertz CT molecular complexity index is 772. The van der Waals surface area contributed by atoms with Crippen molar-refractivity contribution in [2.45, 2.75) is 31.8 Å². The predicted molar refractivity (Wildman–Crippen MR) is 109 cm³/mol. The van der Waals surface area contributed by atoms with Crippen LogP contribution < -0.4 is 5.32 Å². The van der Waals surface area contributed by atoms with Gasteiger partial charge in [0.15, 0.2) is 0 Å². The average Bonchev–Trinajstić information content (AvgIpc) is 3.15. The van der Waals surface area contributed by atoms with E-state index in [1.54, 1.807) is 37.7 Å². The zero-order chi connectivity index (χ0) is 20.5. The first-order valence-corrected chi connectivity index (χ1v) is 11.2. The number of nitrogens with zero attached hydrogens (tertiary/aromatic N) is 1. The molecule has 0 aliphatic carbocycles. The summed E-state index contributed by atoms with van der Waals surface area (Å²) in [6.45, 7) is 4.02. The number of halogens is 1. The quantitative estimate of drug-likeness (QED) is 0.535. The summed E-state index contributed by atoms with van der Waals surface area (Å²) in [6, 6.07) is 6.71. The van der Waals surface area contributed by atoms with E-state index in [1.165, 1.54) is 4.90 Å². The molecule has 0 spiro atoms.